The van der Waals surface area contributed by atoms with Crippen molar-refractivity contribution in [2.45, 2.75) is 26.4 Å². The maximum atomic E-state index is 12.5. The summed E-state index contributed by atoms with van der Waals surface area (Å²) in [6.07, 6.45) is 0.414. The second kappa shape index (κ2) is 9.86. The summed E-state index contributed by atoms with van der Waals surface area (Å²) in [6.45, 7) is 3.04. The largest absolute Gasteiger partial charge is 0.366 e. The van der Waals surface area contributed by atoms with Crippen molar-refractivity contribution in [3.63, 3.8) is 0 Å². The zero-order chi connectivity index (χ0) is 18.4. The Morgan fingerprint density at radius 3 is 2.44 bits per heavy atom. The predicted molar refractivity (Wildman–Crippen MR) is 112 cm³/mol. The van der Waals surface area contributed by atoms with Gasteiger partial charge in [-0.1, -0.05) is 48.5 Å². The lowest BCUT2D eigenvalue weighted by molar-refractivity contribution is 0.0993. The Morgan fingerprint density at radius 1 is 0.963 bits per heavy atom. The Balaban J connectivity index is 0.00000261. The number of carbonyl (C=O) groups excluding carboxylic acids is 1. The number of benzene rings is 2. The minimum Gasteiger partial charge on any atom is -0.366 e. The van der Waals surface area contributed by atoms with Crippen LogP contribution < -0.4 is 11.1 Å². The summed E-state index contributed by atoms with van der Waals surface area (Å²) in [5.74, 6) is 0.920. The topological polar surface area (TPSA) is 68.0 Å². The lowest BCUT2D eigenvalue weighted by atomic mass is 10.0. The van der Waals surface area contributed by atoms with E-state index >= 15 is 0 Å². The molecule has 5 heteroatoms. The van der Waals surface area contributed by atoms with E-state index in [9.17, 15) is 4.79 Å². The summed E-state index contributed by atoms with van der Waals surface area (Å²) < 4.78 is 0. The van der Waals surface area contributed by atoms with Gasteiger partial charge in [0.05, 0.1) is 0 Å². The molecule has 0 aliphatic rings. The molecule has 0 unspecified atom stereocenters. The third-order valence-electron chi connectivity index (χ3n) is 4.18. The number of nitrogens with one attached hydrogen (secondary N) is 1. The number of anilines is 1. The van der Waals surface area contributed by atoms with E-state index in [2.05, 4.69) is 10.3 Å². The van der Waals surface area contributed by atoms with Gasteiger partial charge >= 0.3 is 0 Å². The fourth-order valence-electron chi connectivity index (χ4n) is 2.88. The van der Waals surface area contributed by atoms with E-state index in [4.69, 9.17) is 5.73 Å². The second-order valence-corrected chi connectivity index (χ2v) is 6.35. The van der Waals surface area contributed by atoms with Crippen LogP contribution in [0, 0.1) is 6.92 Å². The average molecular weight is 382 g/mol. The van der Waals surface area contributed by atoms with Gasteiger partial charge < -0.3 is 11.1 Å². The molecule has 1 aromatic heterocycles. The first-order valence-corrected chi connectivity index (χ1v) is 8.71. The number of aryl methyl sites for hydroxylation is 1. The van der Waals surface area contributed by atoms with Crippen LogP contribution in [0.15, 0.2) is 66.7 Å². The predicted octanol–water partition coefficient (Wildman–Crippen LogP) is 4.31. The van der Waals surface area contributed by atoms with Gasteiger partial charge in [-0.05, 0) is 41.8 Å². The molecule has 0 amide bonds. The van der Waals surface area contributed by atoms with Crippen LogP contribution in [0.3, 0.4) is 0 Å². The Bertz CT molecular complexity index is 897. The first kappa shape index (κ1) is 20.6. The molecule has 0 atom stereocenters. The maximum absolute atomic E-state index is 12.5. The van der Waals surface area contributed by atoms with E-state index in [0.29, 0.717) is 19.5 Å². The number of pyridine rings is 1. The molecule has 140 valence electrons. The van der Waals surface area contributed by atoms with Crippen molar-refractivity contribution in [2.75, 3.05) is 5.32 Å². The molecule has 27 heavy (non-hydrogen) atoms. The number of hydrogen-bond acceptors (Lipinski definition) is 4. The monoisotopic (exact) mass is 381 g/mol. The summed E-state index contributed by atoms with van der Waals surface area (Å²) in [4.78, 5) is 17.0. The molecule has 0 saturated carbocycles. The zero-order valence-electron chi connectivity index (χ0n) is 15.3. The van der Waals surface area contributed by atoms with E-state index < -0.39 is 0 Å². The van der Waals surface area contributed by atoms with Crippen molar-refractivity contribution in [2.24, 2.45) is 5.73 Å². The van der Waals surface area contributed by atoms with E-state index in [0.717, 1.165) is 33.8 Å². The molecule has 3 rings (SSSR count). The molecule has 0 spiro atoms. The lowest BCUT2D eigenvalue weighted by Gasteiger charge is -2.10. The number of nitrogens with two attached hydrogens (primary N) is 1. The van der Waals surface area contributed by atoms with Crippen LogP contribution in [0.25, 0.3) is 0 Å². The highest BCUT2D eigenvalue weighted by Crippen LogP contribution is 2.14. The molecule has 3 N–H and O–H groups in total. The highest BCUT2D eigenvalue weighted by molar-refractivity contribution is 5.97. The van der Waals surface area contributed by atoms with Crippen LogP contribution in [0.5, 0.6) is 0 Å². The highest BCUT2D eigenvalue weighted by Gasteiger charge is 2.08. The van der Waals surface area contributed by atoms with Gasteiger partial charge in [-0.25, -0.2) is 4.98 Å². The van der Waals surface area contributed by atoms with Crippen LogP contribution in [0.4, 0.5) is 5.82 Å². The molecule has 0 saturated heterocycles. The normalized spacial score (nSPS) is 10.1. The lowest BCUT2D eigenvalue weighted by Crippen LogP contribution is -2.07. The maximum Gasteiger partial charge on any atom is 0.167 e. The molecular formula is C22H24ClN3O. The molecule has 4 nitrogen and oxygen atoms in total. The summed E-state index contributed by atoms with van der Waals surface area (Å²) in [5.41, 5.74) is 10.5. The number of hydrogen-bond donors (Lipinski definition) is 2. The van der Waals surface area contributed by atoms with Gasteiger partial charge in [-0.15, -0.1) is 12.4 Å². The minimum absolute atomic E-state index is 0. The summed E-state index contributed by atoms with van der Waals surface area (Å²) >= 11 is 0. The smallest absolute Gasteiger partial charge is 0.167 e. The zero-order valence-corrected chi connectivity index (χ0v) is 16.1. The van der Waals surface area contributed by atoms with Crippen LogP contribution in [-0.4, -0.2) is 10.8 Å². The highest BCUT2D eigenvalue weighted by atomic mass is 35.5. The molecule has 0 radical (unpaired) electrons. The fourth-order valence-corrected chi connectivity index (χ4v) is 2.88. The van der Waals surface area contributed by atoms with Gasteiger partial charge in [-0.3, -0.25) is 4.79 Å². The van der Waals surface area contributed by atoms with Crippen molar-refractivity contribution in [3.05, 3.63) is 94.7 Å². The molecule has 1 heterocycles. The molecule has 0 aliphatic carbocycles. The van der Waals surface area contributed by atoms with Crippen molar-refractivity contribution in [3.8, 4) is 0 Å². The minimum atomic E-state index is 0. The standard InChI is InChI=1S/C22H23N3O.ClH/c1-16-10-19(14-23)13-22(25-16)24-15-18-8-5-9-20(11-18)21(26)12-17-6-3-2-4-7-17;/h2-11,13H,12,14-15,23H2,1H3,(H,24,25);1H. The van der Waals surface area contributed by atoms with Crippen LogP contribution >= 0.6 is 12.4 Å². The van der Waals surface area contributed by atoms with Crippen LogP contribution in [0.2, 0.25) is 0 Å². The third-order valence-corrected chi connectivity index (χ3v) is 4.18. The fraction of sp³-hybridized carbons (Fsp3) is 0.182. The summed E-state index contributed by atoms with van der Waals surface area (Å²) in [6, 6.07) is 21.5. The van der Waals surface area contributed by atoms with Gasteiger partial charge in [0.25, 0.3) is 0 Å². The van der Waals surface area contributed by atoms with Crippen molar-refractivity contribution in [1.29, 1.82) is 0 Å². The molecule has 0 aliphatic heterocycles. The summed E-state index contributed by atoms with van der Waals surface area (Å²) in [7, 11) is 0. The molecule has 2 aromatic carbocycles. The molecule has 0 fully saturated rings. The Hall–Kier alpha value is -2.69. The number of carbonyl (C=O) groups is 1. The van der Waals surface area contributed by atoms with Crippen molar-refractivity contribution < 1.29 is 4.79 Å². The van der Waals surface area contributed by atoms with E-state index in [1.807, 2.05) is 73.7 Å². The second-order valence-electron chi connectivity index (χ2n) is 6.35. The first-order chi connectivity index (χ1) is 12.6. The number of aromatic nitrogens is 1. The Kier molecular flexibility index (Phi) is 7.53. The van der Waals surface area contributed by atoms with E-state index in [1.165, 1.54) is 0 Å². The van der Waals surface area contributed by atoms with Gasteiger partial charge in [0, 0.05) is 30.8 Å². The van der Waals surface area contributed by atoms with Gasteiger partial charge in [0.15, 0.2) is 5.78 Å². The number of rotatable bonds is 7. The Morgan fingerprint density at radius 2 is 1.70 bits per heavy atom. The van der Waals surface area contributed by atoms with Crippen molar-refractivity contribution in [1.82, 2.24) is 4.98 Å². The molecular weight excluding hydrogens is 358 g/mol. The van der Waals surface area contributed by atoms with E-state index in [-0.39, 0.29) is 18.2 Å². The van der Waals surface area contributed by atoms with Crippen molar-refractivity contribution >= 4 is 24.0 Å². The molecule has 0 bridgehead atoms. The van der Waals surface area contributed by atoms with Gasteiger partial charge in [0.1, 0.15) is 5.82 Å². The van der Waals surface area contributed by atoms with Crippen LogP contribution in [0.1, 0.15) is 32.7 Å². The third kappa shape index (κ3) is 5.91. The number of halogens is 1. The van der Waals surface area contributed by atoms with Gasteiger partial charge in [0.2, 0.25) is 0 Å². The molecule has 3 aromatic rings. The first-order valence-electron chi connectivity index (χ1n) is 8.71. The number of Topliss-reactive ketones (excluding diaryl/α,β-unsaturated/α-hetero) is 1. The number of nitrogens with zero attached hydrogens (tertiary/aromatic N) is 1. The SMILES string of the molecule is Cc1cc(CN)cc(NCc2cccc(C(=O)Cc3ccccc3)c2)n1.Cl. The Labute approximate surface area is 166 Å². The van der Waals surface area contributed by atoms with E-state index in [1.54, 1.807) is 0 Å². The van der Waals surface area contributed by atoms with Crippen LogP contribution in [-0.2, 0) is 19.5 Å². The average Bonchev–Trinajstić information content (AvgIpc) is 2.67. The number of ketones is 1. The van der Waals surface area contributed by atoms with Gasteiger partial charge in [-0.2, -0.15) is 0 Å². The quantitative estimate of drug-likeness (QED) is 0.598. The summed E-state index contributed by atoms with van der Waals surface area (Å²) in [5, 5.41) is 3.31.